The minimum absolute atomic E-state index is 0.398. The Labute approximate surface area is 139 Å². The summed E-state index contributed by atoms with van der Waals surface area (Å²) >= 11 is 0. The number of hydrogen-bond donors (Lipinski definition) is 3. The van der Waals surface area contributed by atoms with E-state index in [2.05, 4.69) is 15.3 Å². The van der Waals surface area contributed by atoms with Crippen LogP contribution in [0.1, 0.15) is 16.8 Å². The first-order valence-corrected chi connectivity index (χ1v) is 7.55. The van der Waals surface area contributed by atoms with E-state index in [1.165, 1.54) is 0 Å². The number of pyridine rings is 1. The first kappa shape index (κ1) is 14.3. The zero-order chi connectivity index (χ0) is 16.6. The summed E-state index contributed by atoms with van der Waals surface area (Å²) in [5.41, 5.74) is 15.0. The molecule has 2 aromatic heterocycles. The molecule has 3 aromatic rings. The van der Waals surface area contributed by atoms with Gasteiger partial charge in [-0.05, 0) is 30.0 Å². The Balaban J connectivity index is 1.94. The second-order valence-electron chi connectivity index (χ2n) is 5.58. The molecule has 0 saturated heterocycles. The van der Waals surface area contributed by atoms with Crippen LogP contribution in [0.15, 0.2) is 61.1 Å². The Morgan fingerprint density at radius 3 is 2.46 bits per heavy atom. The summed E-state index contributed by atoms with van der Waals surface area (Å²) in [6.07, 6.45) is 7.01. The SMILES string of the molecule is Nc1nc(-c2ccncc2)nc2c1C=CNC2(N)c1ccccc1. The molecule has 0 aliphatic carbocycles. The molecule has 1 aliphatic heterocycles. The van der Waals surface area contributed by atoms with Crippen molar-refractivity contribution in [2.75, 3.05) is 5.73 Å². The number of anilines is 1. The van der Waals surface area contributed by atoms with Crippen LogP contribution in [0, 0.1) is 0 Å². The van der Waals surface area contributed by atoms with Crippen molar-refractivity contribution >= 4 is 11.9 Å². The highest BCUT2D eigenvalue weighted by molar-refractivity contribution is 5.70. The van der Waals surface area contributed by atoms with Crippen molar-refractivity contribution in [2.24, 2.45) is 5.73 Å². The Hall–Kier alpha value is -3.25. The lowest BCUT2D eigenvalue weighted by molar-refractivity contribution is 0.459. The van der Waals surface area contributed by atoms with E-state index in [4.69, 9.17) is 16.5 Å². The predicted molar refractivity (Wildman–Crippen MR) is 93.3 cm³/mol. The Bertz CT molecular complexity index is 908. The highest BCUT2D eigenvalue weighted by Gasteiger charge is 2.35. The van der Waals surface area contributed by atoms with Gasteiger partial charge in [0, 0.05) is 23.5 Å². The molecule has 6 nitrogen and oxygen atoms in total. The molecule has 6 heteroatoms. The number of aromatic nitrogens is 3. The average Bonchev–Trinajstić information content (AvgIpc) is 2.64. The topological polar surface area (TPSA) is 103 Å². The number of nitrogens with zero attached hydrogens (tertiary/aromatic N) is 3. The molecule has 0 spiro atoms. The van der Waals surface area contributed by atoms with E-state index in [-0.39, 0.29) is 0 Å². The maximum absolute atomic E-state index is 6.69. The van der Waals surface area contributed by atoms with E-state index < -0.39 is 5.66 Å². The third-order valence-electron chi connectivity index (χ3n) is 4.08. The number of hydrogen-bond acceptors (Lipinski definition) is 6. The van der Waals surface area contributed by atoms with E-state index >= 15 is 0 Å². The van der Waals surface area contributed by atoms with Crippen LogP contribution in [0.3, 0.4) is 0 Å². The van der Waals surface area contributed by atoms with Crippen molar-refractivity contribution in [1.82, 2.24) is 20.3 Å². The molecular weight excluding hydrogens is 300 g/mol. The van der Waals surface area contributed by atoms with Crippen molar-refractivity contribution in [1.29, 1.82) is 0 Å². The number of rotatable bonds is 2. The Morgan fingerprint density at radius 1 is 0.958 bits per heavy atom. The van der Waals surface area contributed by atoms with Gasteiger partial charge < -0.3 is 11.1 Å². The summed E-state index contributed by atoms with van der Waals surface area (Å²) in [4.78, 5) is 13.2. The van der Waals surface area contributed by atoms with Crippen LogP contribution in [0.25, 0.3) is 17.5 Å². The monoisotopic (exact) mass is 316 g/mol. The first-order chi connectivity index (χ1) is 11.7. The van der Waals surface area contributed by atoms with Gasteiger partial charge in [0.25, 0.3) is 0 Å². The van der Waals surface area contributed by atoms with Crippen LogP contribution in [0.5, 0.6) is 0 Å². The molecule has 0 bridgehead atoms. The molecule has 118 valence electrons. The van der Waals surface area contributed by atoms with Crippen molar-refractivity contribution in [3.8, 4) is 11.4 Å². The maximum Gasteiger partial charge on any atom is 0.162 e. The van der Waals surface area contributed by atoms with Crippen LogP contribution in [0.4, 0.5) is 5.82 Å². The van der Waals surface area contributed by atoms with E-state index in [0.717, 1.165) is 16.7 Å². The number of nitrogens with one attached hydrogen (secondary N) is 1. The van der Waals surface area contributed by atoms with Crippen LogP contribution in [-0.4, -0.2) is 15.0 Å². The van der Waals surface area contributed by atoms with Crippen LogP contribution in [-0.2, 0) is 5.66 Å². The number of benzene rings is 1. The summed E-state index contributed by atoms with van der Waals surface area (Å²) in [6.45, 7) is 0. The van der Waals surface area contributed by atoms with Gasteiger partial charge in [-0.15, -0.1) is 0 Å². The van der Waals surface area contributed by atoms with E-state index in [9.17, 15) is 0 Å². The second kappa shape index (κ2) is 5.43. The molecule has 1 aromatic carbocycles. The first-order valence-electron chi connectivity index (χ1n) is 7.55. The molecule has 4 rings (SSSR count). The molecule has 1 unspecified atom stereocenters. The van der Waals surface area contributed by atoms with E-state index in [1.807, 2.05) is 48.5 Å². The van der Waals surface area contributed by atoms with Crippen molar-refractivity contribution < 1.29 is 0 Å². The summed E-state index contributed by atoms with van der Waals surface area (Å²) < 4.78 is 0. The third kappa shape index (κ3) is 2.21. The number of nitrogens with two attached hydrogens (primary N) is 2. The lowest BCUT2D eigenvalue weighted by Gasteiger charge is -2.34. The van der Waals surface area contributed by atoms with Crippen LogP contribution < -0.4 is 16.8 Å². The zero-order valence-corrected chi connectivity index (χ0v) is 12.8. The molecule has 0 fully saturated rings. The molecule has 0 amide bonds. The fraction of sp³-hybridized carbons (Fsp3) is 0.0556. The molecular formula is C18H16N6. The zero-order valence-electron chi connectivity index (χ0n) is 12.8. The van der Waals surface area contributed by atoms with Crippen molar-refractivity contribution in [3.05, 3.63) is 77.9 Å². The number of fused-ring (bicyclic) bond motifs is 1. The smallest absolute Gasteiger partial charge is 0.162 e. The lowest BCUT2D eigenvalue weighted by atomic mass is 9.91. The molecule has 0 saturated carbocycles. The fourth-order valence-corrected chi connectivity index (χ4v) is 2.83. The second-order valence-corrected chi connectivity index (χ2v) is 5.58. The fourth-order valence-electron chi connectivity index (χ4n) is 2.83. The highest BCUT2D eigenvalue weighted by Crippen LogP contribution is 2.33. The standard InChI is InChI=1S/C18H16N6/c19-16-14-8-11-22-18(20,13-4-2-1-3-5-13)15(14)23-17(24-16)12-6-9-21-10-7-12/h1-11,22H,20H2,(H2,19,23,24). The summed E-state index contributed by atoms with van der Waals surface area (Å²) in [5, 5.41) is 3.21. The van der Waals surface area contributed by atoms with Gasteiger partial charge in [-0.2, -0.15) is 0 Å². The molecule has 5 N–H and O–H groups in total. The lowest BCUT2D eigenvalue weighted by Crippen LogP contribution is -2.51. The van der Waals surface area contributed by atoms with Gasteiger partial charge in [0.2, 0.25) is 0 Å². The van der Waals surface area contributed by atoms with Crippen LogP contribution >= 0.6 is 0 Å². The van der Waals surface area contributed by atoms with Gasteiger partial charge in [-0.25, -0.2) is 9.97 Å². The van der Waals surface area contributed by atoms with Gasteiger partial charge >= 0.3 is 0 Å². The summed E-state index contributed by atoms with van der Waals surface area (Å²) in [7, 11) is 0. The van der Waals surface area contributed by atoms with Crippen molar-refractivity contribution in [3.63, 3.8) is 0 Å². The molecule has 3 heterocycles. The van der Waals surface area contributed by atoms with Gasteiger partial charge in [0.1, 0.15) is 5.82 Å². The van der Waals surface area contributed by atoms with E-state index in [1.54, 1.807) is 18.6 Å². The summed E-state index contributed by atoms with van der Waals surface area (Å²) in [5.74, 6) is 0.923. The normalized spacial score (nSPS) is 18.7. The number of nitrogen functional groups attached to an aromatic ring is 1. The van der Waals surface area contributed by atoms with Gasteiger partial charge in [0.05, 0.1) is 5.69 Å². The summed E-state index contributed by atoms with van der Waals surface area (Å²) in [6, 6.07) is 13.4. The maximum atomic E-state index is 6.69. The Kier molecular flexibility index (Phi) is 3.25. The minimum atomic E-state index is -0.968. The average molecular weight is 316 g/mol. The highest BCUT2D eigenvalue weighted by atomic mass is 15.1. The molecule has 24 heavy (non-hydrogen) atoms. The third-order valence-corrected chi connectivity index (χ3v) is 4.08. The van der Waals surface area contributed by atoms with Crippen LogP contribution in [0.2, 0.25) is 0 Å². The predicted octanol–water partition coefficient (Wildman–Crippen LogP) is 1.85. The van der Waals surface area contributed by atoms with Gasteiger partial charge in [0.15, 0.2) is 11.5 Å². The van der Waals surface area contributed by atoms with E-state index in [0.29, 0.717) is 17.3 Å². The van der Waals surface area contributed by atoms with Crippen molar-refractivity contribution in [2.45, 2.75) is 5.66 Å². The minimum Gasteiger partial charge on any atom is -0.383 e. The molecule has 1 aliphatic rings. The van der Waals surface area contributed by atoms with Gasteiger partial charge in [-0.1, -0.05) is 30.3 Å². The molecule has 0 radical (unpaired) electrons. The quantitative estimate of drug-likeness (QED) is 0.667. The van der Waals surface area contributed by atoms with Gasteiger partial charge in [-0.3, -0.25) is 10.7 Å². The largest absolute Gasteiger partial charge is 0.383 e. The Morgan fingerprint density at radius 2 is 1.71 bits per heavy atom. The molecule has 1 atom stereocenters.